The lowest BCUT2D eigenvalue weighted by molar-refractivity contribution is 0.166. The number of urea groups is 1. The normalized spacial score (nSPS) is 19.3. The fraction of sp³-hybridized carbons (Fsp3) is 0.381. The number of anilines is 1. The summed E-state index contributed by atoms with van der Waals surface area (Å²) in [5, 5.41) is 12.5. The van der Waals surface area contributed by atoms with Crippen molar-refractivity contribution in [3.8, 4) is 5.75 Å². The van der Waals surface area contributed by atoms with Crippen molar-refractivity contribution in [3.63, 3.8) is 0 Å². The number of benzene rings is 2. The van der Waals surface area contributed by atoms with Gasteiger partial charge >= 0.3 is 6.03 Å². The van der Waals surface area contributed by atoms with Crippen LogP contribution in [-0.2, 0) is 6.61 Å². The molecule has 2 aromatic rings. The van der Waals surface area contributed by atoms with E-state index in [1.165, 1.54) is 0 Å². The summed E-state index contributed by atoms with van der Waals surface area (Å²) in [4.78, 5) is 16.5. The van der Waals surface area contributed by atoms with Gasteiger partial charge in [0.25, 0.3) is 0 Å². The van der Waals surface area contributed by atoms with E-state index in [0.29, 0.717) is 24.6 Å². The average molecular weight is 369 g/mol. The van der Waals surface area contributed by atoms with Gasteiger partial charge in [-0.15, -0.1) is 0 Å². The Balaban J connectivity index is 1.61. The molecule has 0 radical (unpaired) electrons. The molecule has 2 atom stereocenters. The molecule has 0 saturated carbocycles. The highest BCUT2D eigenvalue weighted by Crippen LogP contribution is 2.23. The standard InChI is InChI=1S/C21H27N3O3/c1-23(2)18-12-19(14-25)24(13-18)21(26)22-17-9-6-10-20(11-17)27-15-16-7-4-3-5-8-16/h3-11,18-19,25H,12-15H2,1-2H3,(H,22,26). The lowest BCUT2D eigenvalue weighted by Crippen LogP contribution is -2.41. The fourth-order valence-corrected chi connectivity index (χ4v) is 3.29. The summed E-state index contributed by atoms with van der Waals surface area (Å²) >= 11 is 0. The summed E-state index contributed by atoms with van der Waals surface area (Å²) in [5.74, 6) is 0.697. The van der Waals surface area contributed by atoms with E-state index < -0.39 is 0 Å². The first-order valence-electron chi connectivity index (χ1n) is 9.18. The topological polar surface area (TPSA) is 65.0 Å². The van der Waals surface area contributed by atoms with Crippen LogP contribution in [0.4, 0.5) is 10.5 Å². The number of ether oxygens (including phenoxy) is 1. The number of likely N-dealkylation sites (tertiary alicyclic amines) is 1. The Kier molecular flexibility index (Phi) is 6.32. The van der Waals surface area contributed by atoms with E-state index in [1.807, 2.05) is 68.7 Å². The van der Waals surface area contributed by atoms with E-state index in [0.717, 1.165) is 12.0 Å². The number of aliphatic hydroxyl groups excluding tert-OH is 1. The van der Waals surface area contributed by atoms with Gasteiger partial charge in [-0.2, -0.15) is 0 Å². The maximum atomic E-state index is 12.7. The van der Waals surface area contributed by atoms with Crippen molar-refractivity contribution in [2.75, 3.05) is 32.6 Å². The van der Waals surface area contributed by atoms with Gasteiger partial charge in [0.15, 0.2) is 0 Å². The molecule has 0 aliphatic carbocycles. The molecule has 6 nitrogen and oxygen atoms in total. The summed E-state index contributed by atoms with van der Waals surface area (Å²) in [6.07, 6.45) is 0.775. The number of nitrogens with one attached hydrogen (secondary N) is 1. The van der Waals surface area contributed by atoms with Crippen molar-refractivity contribution >= 4 is 11.7 Å². The largest absolute Gasteiger partial charge is 0.489 e. The second-order valence-corrected chi connectivity index (χ2v) is 7.07. The van der Waals surface area contributed by atoms with Gasteiger partial charge in [-0.3, -0.25) is 0 Å². The molecule has 0 spiro atoms. The molecule has 1 fully saturated rings. The highest BCUT2D eigenvalue weighted by Gasteiger charge is 2.35. The maximum Gasteiger partial charge on any atom is 0.322 e. The summed E-state index contributed by atoms with van der Waals surface area (Å²) in [7, 11) is 3.99. The number of hydrogen-bond donors (Lipinski definition) is 2. The molecule has 27 heavy (non-hydrogen) atoms. The van der Waals surface area contributed by atoms with Crippen molar-refractivity contribution in [2.24, 2.45) is 0 Å². The predicted molar refractivity (Wildman–Crippen MR) is 106 cm³/mol. The van der Waals surface area contributed by atoms with E-state index in [-0.39, 0.29) is 24.7 Å². The Bertz CT molecular complexity index is 751. The zero-order chi connectivity index (χ0) is 19.2. The maximum absolute atomic E-state index is 12.7. The van der Waals surface area contributed by atoms with E-state index in [9.17, 15) is 9.90 Å². The zero-order valence-electron chi connectivity index (χ0n) is 15.8. The molecule has 3 rings (SSSR count). The number of nitrogens with zero attached hydrogens (tertiary/aromatic N) is 2. The van der Waals surface area contributed by atoms with Crippen LogP contribution < -0.4 is 10.1 Å². The third kappa shape index (κ3) is 4.99. The summed E-state index contributed by atoms with van der Waals surface area (Å²) < 4.78 is 5.82. The van der Waals surface area contributed by atoms with Gasteiger partial charge in [0, 0.05) is 24.3 Å². The Morgan fingerprint density at radius 1 is 1.22 bits per heavy atom. The smallest absolute Gasteiger partial charge is 0.322 e. The van der Waals surface area contributed by atoms with Crippen molar-refractivity contribution in [3.05, 3.63) is 60.2 Å². The van der Waals surface area contributed by atoms with E-state index in [1.54, 1.807) is 4.90 Å². The molecule has 1 aliphatic rings. The van der Waals surface area contributed by atoms with Gasteiger partial charge in [-0.05, 0) is 38.2 Å². The first-order chi connectivity index (χ1) is 13.1. The summed E-state index contributed by atoms with van der Waals surface area (Å²) in [5.41, 5.74) is 1.76. The second-order valence-electron chi connectivity index (χ2n) is 7.07. The fourth-order valence-electron chi connectivity index (χ4n) is 3.29. The zero-order valence-corrected chi connectivity index (χ0v) is 15.8. The molecule has 2 amide bonds. The summed E-state index contributed by atoms with van der Waals surface area (Å²) in [6.45, 7) is 1.05. The third-order valence-electron chi connectivity index (χ3n) is 4.93. The lowest BCUT2D eigenvalue weighted by atomic mass is 10.2. The molecule has 0 aromatic heterocycles. The monoisotopic (exact) mass is 369 g/mol. The molecule has 2 aromatic carbocycles. The molecular formula is C21H27N3O3. The minimum absolute atomic E-state index is 0.0298. The molecule has 2 N–H and O–H groups in total. The lowest BCUT2D eigenvalue weighted by Gasteiger charge is -2.23. The number of carbonyl (C=O) groups is 1. The second kappa shape index (κ2) is 8.88. The third-order valence-corrected chi connectivity index (χ3v) is 4.93. The Hall–Kier alpha value is -2.57. The van der Waals surface area contributed by atoms with E-state index in [2.05, 4.69) is 10.2 Å². The number of carbonyl (C=O) groups excluding carboxylic acids is 1. The van der Waals surface area contributed by atoms with Crippen molar-refractivity contribution < 1.29 is 14.6 Å². The molecule has 1 aliphatic heterocycles. The first kappa shape index (κ1) is 19.2. The van der Waals surface area contributed by atoms with Gasteiger partial charge in [-0.25, -0.2) is 4.79 Å². The molecular weight excluding hydrogens is 342 g/mol. The number of rotatable bonds is 6. The highest BCUT2D eigenvalue weighted by molar-refractivity contribution is 5.90. The van der Waals surface area contributed by atoms with Crippen LogP contribution in [0, 0.1) is 0 Å². The Morgan fingerprint density at radius 2 is 2.00 bits per heavy atom. The molecule has 1 heterocycles. The van der Waals surface area contributed by atoms with Gasteiger partial charge in [-0.1, -0.05) is 36.4 Å². The number of likely N-dealkylation sites (N-methyl/N-ethyl adjacent to an activating group) is 1. The van der Waals surface area contributed by atoms with E-state index >= 15 is 0 Å². The molecule has 144 valence electrons. The van der Waals surface area contributed by atoms with Crippen LogP contribution in [0.1, 0.15) is 12.0 Å². The van der Waals surface area contributed by atoms with Crippen molar-refractivity contribution in [1.82, 2.24) is 9.80 Å². The Morgan fingerprint density at radius 3 is 2.70 bits per heavy atom. The van der Waals surface area contributed by atoms with Crippen molar-refractivity contribution in [1.29, 1.82) is 0 Å². The van der Waals surface area contributed by atoms with Gasteiger partial charge in [0.1, 0.15) is 12.4 Å². The van der Waals surface area contributed by atoms with E-state index in [4.69, 9.17) is 4.74 Å². The molecule has 1 saturated heterocycles. The minimum Gasteiger partial charge on any atom is -0.489 e. The van der Waals surface area contributed by atoms with Crippen molar-refractivity contribution in [2.45, 2.75) is 25.1 Å². The van der Waals surface area contributed by atoms with Crippen LogP contribution in [-0.4, -0.2) is 60.3 Å². The first-order valence-corrected chi connectivity index (χ1v) is 9.18. The summed E-state index contributed by atoms with van der Waals surface area (Å²) in [6, 6.07) is 17.2. The molecule has 2 unspecified atom stereocenters. The van der Waals surface area contributed by atoms with Crippen LogP contribution >= 0.6 is 0 Å². The van der Waals surface area contributed by atoms with Gasteiger partial charge < -0.3 is 25.0 Å². The van der Waals surface area contributed by atoms with Gasteiger partial charge in [0.05, 0.1) is 12.6 Å². The molecule has 0 bridgehead atoms. The van der Waals surface area contributed by atoms with Crippen LogP contribution in [0.5, 0.6) is 5.75 Å². The van der Waals surface area contributed by atoms with Gasteiger partial charge in [0.2, 0.25) is 0 Å². The number of aliphatic hydroxyl groups is 1. The predicted octanol–water partition coefficient (Wildman–Crippen LogP) is 2.79. The minimum atomic E-state index is -0.196. The van der Waals surface area contributed by atoms with Crippen LogP contribution in [0.2, 0.25) is 0 Å². The Labute approximate surface area is 160 Å². The molecule has 6 heteroatoms. The number of amides is 2. The van der Waals surface area contributed by atoms with Crippen LogP contribution in [0.3, 0.4) is 0 Å². The van der Waals surface area contributed by atoms with Crippen LogP contribution in [0.25, 0.3) is 0 Å². The van der Waals surface area contributed by atoms with Crippen LogP contribution in [0.15, 0.2) is 54.6 Å². The quantitative estimate of drug-likeness (QED) is 0.822. The average Bonchev–Trinajstić information content (AvgIpc) is 3.12. The SMILES string of the molecule is CN(C)C1CC(CO)N(C(=O)Nc2cccc(OCc3ccccc3)c2)C1. The highest BCUT2D eigenvalue weighted by atomic mass is 16.5. The number of hydrogen-bond acceptors (Lipinski definition) is 4.